The molecular formula is C25H28F4N2O4S. The highest BCUT2D eigenvalue weighted by Crippen LogP contribution is 2.45. The van der Waals surface area contributed by atoms with E-state index in [0.29, 0.717) is 24.5 Å². The normalized spacial score (nSPS) is 17.7. The van der Waals surface area contributed by atoms with Crippen LogP contribution in [-0.4, -0.2) is 45.2 Å². The lowest BCUT2D eigenvalue weighted by Gasteiger charge is -2.32. The van der Waals surface area contributed by atoms with Gasteiger partial charge in [0.1, 0.15) is 11.6 Å². The zero-order valence-corrected chi connectivity index (χ0v) is 20.6. The molecule has 0 unspecified atom stereocenters. The van der Waals surface area contributed by atoms with E-state index in [0.717, 1.165) is 68.8 Å². The average molecular weight is 529 g/mol. The Morgan fingerprint density at radius 1 is 1.08 bits per heavy atom. The second-order valence-electron chi connectivity index (χ2n) is 9.57. The van der Waals surface area contributed by atoms with Crippen LogP contribution in [-0.2, 0) is 22.7 Å². The van der Waals surface area contributed by atoms with Crippen molar-refractivity contribution >= 4 is 15.9 Å². The molecule has 36 heavy (non-hydrogen) atoms. The minimum atomic E-state index is -4.35. The number of nitrogens with zero attached hydrogens (tertiary/aromatic N) is 1. The highest BCUT2D eigenvalue weighted by atomic mass is 32.2. The predicted molar refractivity (Wildman–Crippen MR) is 126 cm³/mol. The van der Waals surface area contributed by atoms with Gasteiger partial charge in [-0.2, -0.15) is 13.2 Å². The molecule has 1 saturated carbocycles. The molecule has 1 amide bonds. The molecule has 0 bridgehead atoms. The monoisotopic (exact) mass is 528 g/mol. The molecule has 2 fully saturated rings. The number of halogens is 4. The molecule has 0 spiro atoms. The first-order valence-electron chi connectivity index (χ1n) is 11.8. The van der Waals surface area contributed by atoms with Crippen molar-refractivity contribution in [2.24, 2.45) is 5.92 Å². The standard InChI is InChI=1S/C25H28F4N2O4S/c1-36(33,34)30-24(32)21-12-20(18-4-5-18)23(13-22(21)26)35-15-17-8-10-31(11-9-17)14-16-2-6-19(7-3-16)25(27,28)29/h2-3,6-7,12-13,17-18H,4-5,8-11,14-15H2,1H3,(H,30,32). The number of hydrogen-bond donors (Lipinski definition) is 1. The van der Waals surface area contributed by atoms with Crippen LogP contribution in [0.15, 0.2) is 36.4 Å². The fourth-order valence-corrected chi connectivity index (χ4v) is 4.83. The Kier molecular flexibility index (Phi) is 7.61. The van der Waals surface area contributed by atoms with Gasteiger partial charge in [-0.25, -0.2) is 17.5 Å². The van der Waals surface area contributed by atoms with Crippen molar-refractivity contribution in [3.63, 3.8) is 0 Å². The molecule has 0 aromatic heterocycles. The summed E-state index contributed by atoms with van der Waals surface area (Å²) in [7, 11) is -3.82. The second-order valence-corrected chi connectivity index (χ2v) is 11.3. The summed E-state index contributed by atoms with van der Waals surface area (Å²) in [6, 6.07) is 7.75. The Hall–Kier alpha value is -2.66. The van der Waals surface area contributed by atoms with Gasteiger partial charge in [0.15, 0.2) is 0 Å². The molecule has 1 aliphatic heterocycles. The third-order valence-electron chi connectivity index (χ3n) is 6.51. The Balaban J connectivity index is 1.32. The maximum atomic E-state index is 14.6. The molecule has 196 valence electrons. The summed E-state index contributed by atoms with van der Waals surface area (Å²) >= 11 is 0. The summed E-state index contributed by atoms with van der Waals surface area (Å²) in [6.45, 7) is 2.48. The fraction of sp³-hybridized carbons (Fsp3) is 0.480. The molecule has 1 saturated heterocycles. The molecule has 1 heterocycles. The number of carbonyl (C=O) groups excluding carboxylic acids is 1. The van der Waals surface area contributed by atoms with Crippen molar-refractivity contribution in [1.29, 1.82) is 0 Å². The molecule has 2 aromatic carbocycles. The number of rotatable bonds is 8. The Labute approximate surface area is 207 Å². The van der Waals surface area contributed by atoms with Crippen molar-refractivity contribution in [2.45, 2.75) is 44.3 Å². The smallest absolute Gasteiger partial charge is 0.416 e. The first-order chi connectivity index (χ1) is 16.9. The van der Waals surface area contributed by atoms with Gasteiger partial charge in [0.2, 0.25) is 10.0 Å². The van der Waals surface area contributed by atoms with Gasteiger partial charge in [-0.3, -0.25) is 9.69 Å². The quantitative estimate of drug-likeness (QED) is 0.503. The Morgan fingerprint density at radius 2 is 1.72 bits per heavy atom. The van der Waals surface area contributed by atoms with Crippen LogP contribution in [0.2, 0.25) is 0 Å². The van der Waals surface area contributed by atoms with E-state index in [2.05, 4.69) is 4.90 Å². The summed E-state index contributed by atoms with van der Waals surface area (Å²) in [5.74, 6) is -1.10. The van der Waals surface area contributed by atoms with Crippen LogP contribution in [0.25, 0.3) is 0 Å². The van der Waals surface area contributed by atoms with Crippen LogP contribution < -0.4 is 9.46 Å². The third kappa shape index (κ3) is 6.97. The van der Waals surface area contributed by atoms with Gasteiger partial charge >= 0.3 is 6.18 Å². The zero-order chi connectivity index (χ0) is 26.1. The minimum absolute atomic E-state index is 0.149. The molecule has 11 heteroatoms. The van der Waals surface area contributed by atoms with E-state index in [9.17, 15) is 30.8 Å². The van der Waals surface area contributed by atoms with Crippen molar-refractivity contribution < 1.29 is 35.5 Å². The highest BCUT2D eigenvalue weighted by Gasteiger charge is 2.31. The first kappa shape index (κ1) is 26.4. The molecule has 2 aromatic rings. The van der Waals surface area contributed by atoms with Crippen LogP contribution in [0.1, 0.15) is 58.6 Å². The van der Waals surface area contributed by atoms with Gasteiger partial charge in [-0.1, -0.05) is 12.1 Å². The summed E-state index contributed by atoms with van der Waals surface area (Å²) in [6.07, 6.45) is -0.0820. The van der Waals surface area contributed by atoms with Gasteiger partial charge in [0.25, 0.3) is 5.91 Å². The molecule has 1 N–H and O–H groups in total. The number of nitrogens with one attached hydrogen (secondary N) is 1. The van der Waals surface area contributed by atoms with E-state index in [1.54, 1.807) is 4.72 Å². The second kappa shape index (κ2) is 10.4. The van der Waals surface area contributed by atoms with Crippen molar-refractivity contribution in [1.82, 2.24) is 9.62 Å². The topological polar surface area (TPSA) is 75.7 Å². The van der Waals surface area contributed by atoms with Crippen molar-refractivity contribution in [3.8, 4) is 5.75 Å². The molecule has 6 nitrogen and oxygen atoms in total. The van der Waals surface area contributed by atoms with Crippen LogP contribution in [0.5, 0.6) is 5.75 Å². The average Bonchev–Trinajstić information content (AvgIpc) is 3.62. The van der Waals surface area contributed by atoms with Gasteiger partial charge in [-0.05, 0) is 79.9 Å². The molecule has 1 aliphatic carbocycles. The summed E-state index contributed by atoms with van der Waals surface area (Å²) in [4.78, 5) is 14.4. The molecule has 4 rings (SSSR count). The van der Waals surface area contributed by atoms with Gasteiger partial charge in [0.05, 0.1) is 24.0 Å². The van der Waals surface area contributed by atoms with E-state index >= 15 is 0 Å². The summed E-state index contributed by atoms with van der Waals surface area (Å²) in [5, 5.41) is 0. The highest BCUT2D eigenvalue weighted by molar-refractivity contribution is 7.89. The van der Waals surface area contributed by atoms with E-state index in [-0.39, 0.29) is 17.4 Å². The number of carbonyl (C=O) groups is 1. The number of benzene rings is 2. The van der Waals surface area contributed by atoms with Crippen molar-refractivity contribution in [3.05, 3.63) is 64.5 Å². The Bertz CT molecular complexity index is 1200. The van der Waals surface area contributed by atoms with E-state index in [4.69, 9.17) is 4.74 Å². The number of ether oxygens (including phenoxy) is 1. The Morgan fingerprint density at radius 3 is 2.28 bits per heavy atom. The van der Waals surface area contributed by atoms with Gasteiger partial charge < -0.3 is 4.74 Å². The SMILES string of the molecule is CS(=O)(=O)NC(=O)c1cc(C2CC2)c(OCC2CCN(Cc3ccc(C(F)(F)F)cc3)CC2)cc1F. The molecule has 0 radical (unpaired) electrons. The van der Waals surface area contributed by atoms with Crippen LogP contribution in [0.4, 0.5) is 17.6 Å². The van der Waals surface area contributed by atoms with Gasteiger partial charge in [-0.15, -0.1) is 0 Å². The number of alkyl halides is 3. The van der Waals surface area contributed by atoms with Crippen LogP contribution >= 0.6 is 0 Å². The number of amides is 1. The minimum Gasteiger partial charge on any atom is -0.493 e. The maximum Gasteiger partial charge on any atom is 0.416 e. The molecular weight excluding hydrogens is 500 g/mol. The summed E-state index contributed by atoms with van der Waals surface area (Å²) < 4.78 is 83.4. The maximum absolute atomic E-state index is 14.6. The summed E-state index contributed by atoms with van der Waals surface area (Å²) in [5.41, 5.74) is 0.538. The van der Waals surface area contributed by atoms with E-state index < -0.39 is 33.5 Å². The van der Waals surface area contributed by atoms with Crippen LogP contribution in [0, 0.1) is 11.7 Å². The number of sulfonamides is 1. The lowest BCUT2D eigenvalue weighted by Crippen LogP contribution is -2.35. The van der Waals surface area contributed by atoms with E-state index in [1.807, 2.05) is 0 Å². The third-order valence-corrected chi connectivity index (χ3v) is 7.06. The first-order valence-corrected chi connectivity index (χ1v) is 13.6. The largest absolute Gasteiger partial charge is 0.493 e. The fourth-order valence-electron chi connectivity index (χ4n) is 4.38. The van der Waals surface area contributed by atoms with Crippen LogP contribution in [0.3, 0.4) is 0 Å². The zero-order valence-electron chi connectivity index (χ0n) is 19.8. The van der Waals surface area contributed by atoms with Gasteiger partial charge in [0, 0.05) is 12.6 Å². The molecule has 0 atom stereocenters. The lowest BCUT2D eigenvalue weighted by atomic mass is 9.97. The number of hydrogen-bond acceptors (Lipinski definition) is 5. The van der Waals surface area contributed by atoms with Crippen molar-refractivity contribution in [2.75, 3.05) is 26.0 Å². The molecule has 2 aliphatic rings. The number of piperidine rings is 1. The lowest BCUT2D eigenvalue weighted by molar-refractivity contribution is -0.137. The number of likely N-dealkylation sites (tertiary alicyclic amines) is 1. The predicted octanol–water partition coefficient (Wildman–Crippen LogP) is 4.70. The van der Waals surface area contributed by atoms with E-state index in [1.165, 1.54) is 18.2 Å².